The van der Waals surface area contributed by atoms with Crippen molar-refractivity contribution in [2.75, 3.05) is 13.1 Å². The fourth-order valence-corrected chi connectivity index (χ4v) is 2.95. The molecule has 1 aromatic carbocycles. The molecular weight excluding hydrogens is 346 g/mol. The summed E-state index contributed by atoms with van der Waals surface area (Å²) in [5.74, 6) is -1.56. The van der Waals surface area contributed by atoms with Crippen molar-refractivity contribution in [2.24, 2.45) is 0 Å². The molecule has 0 atom stereocenters. The third-order valence-electron chi connectivity index (χ3n) is 4.33. The van der Waals surface area contributed by atoms with Crippen molar-refractivity contribution in [2.45, 2.75) is 25.5 Å². The Morgan fingerprint density at radius 3 is 2.77 bits per heavy atom. The molecule has 9 heteroatoms. The van der Waals surface area contributed by atoms with Gasteiger partial charge in [0.25, 0.3) is 0 Å². The van der Waals surface area contributed by atoms with E-state index >= 15 is 0 Å². The highest BCUT2D eigenvalue weighted by molar-refractivity contribution is 5.65. The van der Waals surface area contributed by atoms with Crippen LogP contribution in [0.15, 0.2) is 24.4 Å². The number of ether oxygens (including phenoxy) is 1. The third-order valence-corrected chi connectivity index (χ3v) is 4.33. The molecule has 0 radical (unpaired) electrons. The molecule has 0 spiro atoms. The number of nitriles is 1. The quantitative estimate of drug-likeness (QED) is 0.903. The van der Waals surface area contributed by atoms with E-state index in [4.69, 9.17) is 9.84 Å². The summed E-state index contributed by atoms with van der Waals surface area (Å²) in [6.07, 6.45) is 1.58. The molecule has 1 aliphatic heterocycles. The lowest BCUT2D eigenvalue weighted by Gasteiger charge is -2.30. The van der Waals surface area contributed by atoms with Gasteiger partial charge in [-0.15, -0.1) is 0 Å². The zero-order chi connectivity index (χ0) is 18.7. The van der Waals surface area contributed by atoms with Gasteiger partial charge >= 0.3 is 6.09 Å². The van der Waals surface area contributed by atoms with Crippen LogP contribution in [0.5, 0.6) is 5.75 Å². The molecule has 1 amide bonds. The first kappa shape index (κ1) is 17.7. The predicted molar refractivity (Wildman–Crippen MR) is 85.5 cm³/mol. The minimum atomic E-state index is -0.962. The molecule has 2 aromatic rings. The van der Waals surface area contributed by atoms with Gasteiger partial charge in [0.2, 0.25) is 0 Å². The first-order chi connectivity index (χ1) is 12.5. The zero-order valence-electron chi connectivity index (χ0n) is 13.7. The number of piperidine rings is 1. The molecular formula is C17H16F2N4O3. The Hall–Kier alpha value is -3.15. The Labute approximate surface area is 148 Å². The second-order valence-electron chi connectivity index (χ2n) is 5.94. The molecule has 26 heavy (non-hydrogen) atoms. The van der Waals surface area contributed by atoms with Crippen LogP contribution in [-0.4, -0.2) is 39.0 Å². The van der Waals surface area contributed by atoms with Gasteiger partial charge in [-0.2, -0.15) is 10.4 Å². The first-order valence-corrected chi connectivity index (χ1v) is 8.01. The molecule has 0 unspecified atom stereocenters. The van der Waals surface area contributed by atoms with Crippen molar-refractivity contribution in [3.8, 4) is 11.8 Å². The maximum atomic E-state index is 13.6. The van der Waals surface area contributed by atoms with Gasteiger partial charge in [-0.3, -0.25) is 4.68 Å². The number of likely N-dealkylation sites (tertiary alicyclic amines) is 1. The van der Waals surface area contributed by atoms with Crippen molar-refractivity contribution in [3.63, 3.8) is 0 Å². The molecule has 2 heterocycles. The number of benzene rings is 1. The van der Waals surface area contributed by atoms with Crippen molar-refractivity contribution in [1.29, 1.82) is 5.26 Å². The van der Waals surface area contributed by atoms with Crippen LogP contribution < -0.4 is 4.74 Å². The zero-order valence-corrected chi connectivity index (χ0v) is 13.7. The van der Waals surface area contributed by atoms with E-state index in [9.17, 15) is 18.8 Å². The van der Waals surface area contributed by atoms with Crippen LogP contribution in [0.1, 0.15) is 30.1 Å². The van der Waals surface area contributed by atoms with Crippen molar-refractivity contribution < 1.29 is 23.4 Å². The van der Waals surface area contributed by atoms with Gasteiger partial charge in [-0.1, -0.05) is 0 Å². The number of carbonyl (C=O) groups is 1. The fourth-order valence-electron chi connectivity index (χ4n) is 2.95. The fraction of sp³-hybridized carbons (Fsp3) is 0.353. The molecule has 1 fully saturated rings. The van der Waals surface area contributed by atoms with E-state index in [2.05, 4.69) is 11.2 Å². The van der Waals surface area contributed by atoms with Gasteiger partial charge in [-0.05, 0) is 25.0 Å². The Kier molecular flexibility index (Phi) is 5.02. The predicted octanol–water partition coefficient (Wildman–Crippen LogP) is 2.93. The summed E-state index contributed by atoms with van der Waals surface area (Å²) in [4.78, 5) is 12.3. The average Bonchev–Trinajstić information content (AvgIpc) is 3.05. The Bertz CT molecular complexity index is 854. The lowest BCUT2D eigenvalue weighted by Crippen LogP contribution is -2.38. The van der Waals surface area contributed by atoms with Crippen molar-refractivity contribution in [3.05, 3.63) is 47.3 Å². The smallest absolute Gasteiger partial charge is 0.407 e. The van der Waals surface area contributed by atoms with Crippen LogP contribution in [0.4, 0.5) is 13.6 Å². The number of aromatic nitrogens is 2. The molecule has 1 aromatic heterocycles. The average molecular weight is 362 g/mol. The van der Waals surface area contributed by atoms with Gasteiger partial charge in [0, 0.05) is 24.7 Å². The normalized spacial score (nSPS) is 14.9. The topological polar surface area (TPSA) is 91.4 Å². The summed E-state index contributed by atoms with van der Waals surface area (Å²) in [7, 11) is 0. The minimum Gasteiger partial charge on any atom is -0.486 e. The largest absolute Gasteiger partial charge is 0.486 e. The first-order valence-electron chi connectivity index (χ1n) is 8.01. The van der Waals surface area contributed by atoms with Crippen LogP contribution in [0.3, 0.4) is 0 Å². The van der Waals surface area contributed by atoms with Gasteiger partial charge in [0.15, 0.2) is 11.6 Å². The van der Waals surface area contributed by atoms with Crippen LogP contribution in [0.25, 0.3) is 0 Å². The summed E-state index contributed by atoms with van der Waals surface area (Å²) in [6.45, 7) is 0.605. The van der Waals surface area contributed by atoms with Gasteiger partial charge in [0.05, 0.1) is 12.2 Å². The standard InChI is InChI=1S/C17H16F2N4O3/c18-12-1-2-14(19)16(7-12)26-10-11-9-21-23(15(11)8-20)13-3-5-22(6-4-13)17(24)25/h1-2,7,9,13H,3-6,10H2,(H,24,25). The Morgan fingerprint density at radius 1 is 1.38 bits per heavy atom. The molecule has 0 aliphatic carbocycles. The lowest BCUT2D eigenvalue weighted by molar-refractivity contribution is 0.123. The van der Waals surface area contributed by atoms with Gasteiger partial charge in [-0.25, -0.2) is 13.6 Å². The summed E-state index contributed by atoms with van der Waals surface area (Å²) in [5, 5.41) is 22.7. The van der Waals surface area contributed by atoms with Crippen LogP contribution in [0, 0.1) is 23.0 Å². The van der Waals surface area contributed by atoms with E-state index in [1.54, 1.807) is 4.68 Å². The Morgan fingerprint density at radius 2 is 2.12 bits per heavy atom. The van der Waals surface area contributed by atoms with Crippen molar-refractivity contribution >= 4 is 6.09 Å². The van der Waals surface area contributed by atoms with E-state index in [0.29, 0.717) is 31.5 Å². The van der Waals surface area contributed by atoms with Crippen molar-refractivity contribution in [1.82, 2.24) is 14.7 Å². The van der Waals surface area contributed by atoms with Crippen LogP contribution in [0.2, 0.25) is 0 Å². The minimum absolute atomic E-state index is 0.0973. The maximum Gasteiger partial charge on any atom is 0.407 e. The van der Waals surface area contributed by atoms with E-state index in [1.807, 2.05) is 0 Å². The molecule has 1 saturated heterocycles. The summed E-state index contributed by atoms with van der Waals surface area (Å²) < 4.78 is 33.7. The number of nitrogens with zero attached hydrogens (tertiary/aromatic N) is 4. The van der Waals surface area contributed by atoms with Gasteiger partial charge < -0.3 is 14.7 Å². The number of amides is 1. The molecule has 0 saturated carbocycles. The number of hydrogen-bond acceptors (Lipinski definition) is 4. The summed E-state index contributed by atoms with van der Waals surface area (Å²) >= 11 is 0. The second-order valence-corrected chi connectivity index (χ2v) is 5.94. The number of carboxylic acid groups (broad SMARTS) is 1. The number of rotatable bonds is 4. The van der Waals surface area contributed by atoms with E-state index in [0.717, 1.165) is 18.2 Å². The maximum absolute atomic E-state index is 13.6. The summed E-state index contributed by atoms with van der Waals surface area (Å²) in [5.41, 5.74) is 0.729. The highest BCUT2D eigenvalue weighted by Crippen LogP contribution is 2.26. The monoisotopic (exact) mass is 362 g/mol. The third kappa shape index (κ3) is 3.59. The second kappa shape index (κ2) is 7.39. The lowest BCUT2D eigenvalue weighted by atomic mass is 10.1. The van der Waals surface area contributed by atoms with E-state index in [1.165, 1.54) is 11.1 Å². The molecule has 3 rings (SSSR count). The van der Waals surface area contributed by atoms with Gasteiger partial charge in [0.1, 0.15) is 24.2 Å². The van der Waals surface area contributed by atoms with Crippen LogP contribution in [-0.2, 0) is 6.61 Å². The molecule has 1 aliphatic rings. The highest BCUT2D eigenvalue weighted by atomic mass is 19.1. The number of hydrogen-bond donors (Lipinski definition) is 1. The number of halogens is 2. The van der Waals surface area contributed by atoms with E-state index < -0.39 is 17.7 Å². The molecule has 1 N–H and O–H groups in total. The highest BCUT2D eigenvalue weighted by Gasteiger charge is 2.26. The SMILES string of the molecule is N#Cc1c(COc2cc(F)ccc2F)cnn1C1CCN(C(=O)O)CC1. The Balaban J connectivity index is 1.72. The van der Waals surface area contributed by atoms with Crippen LogP contribution >= 0.6 is 0 Å². The summed E-state index contributed by atoms with van der Waals surface area (Å²) in [6, 6.07) is 4.86. The molecule has 7 nitrogen and oxygen atoms in total. The molecule has 0 bridgehead atoms. The van der Waals surface area contributed by atoms with E-state index in [-0.39, 0.29) is 24.1 Å². The molecule has 136 valence electrons.